The number of aliphatic carboxylic acids is 1. The molecule has 13 heavy (non-hydrogen) atoms. The van der Waals surface area contributed by atoms with Crippen LogP contribution in [0, 0.1) is 0 Å². The van der Waals surface area contributed by atoms with Crippen LogP contribution in [0.1, 0.15) is 38.5 Å². The molecule has 0 aromatic rings. The maximum absolute atomic E-state index is 10.4. The summed E-state index contributed by atoms with van der Waals surface area (Å²) in [6.07, 6.45) is 3.17. The molecule has 76 valence electrons. The lowest BCUT2D eigenvalue weighted by Crippen LogP contribution is -2.00. The van der Waals surface area contributed by atoms with Crippen molar-refractivity contribution < 1.29 is 24.8 Å². The Morgan fingerprint density at radius 1 is 1.00 bits per heavy atom. The molecule has 0 atom stereocenters. The molecule has 0 aromatic carbocycles. The molecule has 0 fully saturated rings. The molecule has 0 saturated carbocycles. The van der Waals surface area contributed by atoms with Crippen molar-refractivity contribution in [3.63, 3.8) is 0 Å². The lowest BCUT2D eigenvalue weighted by atomic mass is 10.1. The number of unbranched alkanes of at least 4 members (excludes halogenated alkanes) is 3. The monoisotopic (exact) mass is 190 g/mol. The third-order valence-corrected chi connectivity index (χ3v) is 1.62. The third kappa shape index (κ3) is 8.81. The molecule has 0 aliphatic rings. The summed E-state index contributed by atoms with van der Waals surface area (Å²) >= 11 is 0. The highest BCUT2D eigenvalue weighted by Gasteiger charge is 2.01. The van der Waals surface area contributed by atoms with E-state index in [9.17, 15) is 9.59 Å². The summed E-state index contributed by atoms with van der Waals surface area (Å²) in [4.78, 5) is 23.9. The highest BCUT2D eigenvalue weighted by molar-refractivity contribution is 5.68. The van der Waals surface area contributed by atoms with Gasteiger partial charge in [0.1, 0.15) is 0 Å². The molecule has 5 heteroatoms. The van der Waals surface area contributed by atoms with Gasteiger partial charge in [-0.1, -0.05) is 12.8 Å². The Hall–Kier alpha value is -1.10. The zero-order chi connectivity index (χ0) is 10.1. The molecule has 0 saturated heterocycles. The first kappa shape index (κ1) is 11.9. The van der Waals surface area contributed by atoms with Gasteiger partial charge in [0.05, 0.1) is 0 Å². The maximum atomic E-state index is 10.4. The summed E-state index contributed by atoms with van der Waals surface area (Å²) in [7, 11) is 0. The number of carbonyl (C=O) groups is 2. The molecule has 0 unspecified atom stereocenters. The predicted molar refractivity (Wildman–Crippen MR) is 44.1 cm³/mol. The zero-order valence-electron chi connectivity index (χ0n) is 7.36. The largest absolute Gasteiger partial charge is 0.481 e. The molecule has 0 aromatic heterocycles. The van der Waals surface area contributed by atoms with Gasteiger partial charge >= 0.3 is 11.9 Å². The van der Waals surface area contributed by atoms with E-state index < -0.39 is 11.9 Å². The van der Waals surface area contributed by atoms with Crippen molar-refractivity contribution in [1.29, 1.82) is 0 Å². The second-order valence-corrected chi connectivity index (χ2v) is 2.77. The van der Waals surface area contributed by atoms with E-state index in [-0.39, 0.29) is 12.8 Å². The van der Waals surface area contributed by atoms with E-state index in [0.29, 0.717) is 12.8 Å². The smallest absolute Gasteiger partial charge is 0.342 e. The zero-order valence-corrected chi connectivity index (χ0v) is 7.36. The Bertz CT molecular complexity index is 166. The van der Waals surface area contributed by atoms with Gasteiger partial charge in [-0.05, 0) is 12.8 Å². The van der Waals surface area contributed by atoms with Crippen molar-refractivity contribution in [2.45, 2.75) is 38.5 Å². The van der Waals surface area contributed by atoms with Crippen molar-refractivity contribution in [3.05, 3.63) is 0 Å². The highest BCUT2D eigenvalue weighted by Crippen LogP contribution is 2.05. The standard InChI is InChI=1S/C8H14O5/c9-7(10)5-3-1-2-4-6-8(11)13-12/h12H,1-6H2,(H,9,10). The van der Waals surface area contributed by atoms with Gasteiger partial charge in [-0.15, -0.1) is 0 Å². The molecule has 0 amide bonds. The predicted octanol–water partition coefficient (Wildman–Crippen LogP) is 1.43. The first-order valence-corrected chi connectivity index (χ1v) is 4.23. The van der Waals surface area contributed by atoms with Crippen LogP contribution in [0.5, 0.6) is 0 Å². The summed E-state index contributed by atoms with van der Waals surface area (Å²) in [5, 5.41) is 16.2. The molecule has 0 bridgehead atoms. The fraction of sp³-hybridized carbons (Fsp3) is 0.750. The molecular formula is C8H14O5. The third-order valence-electron chi connectivity index (χ3n) is 1.62. The fourth-order valence-corrected chi connectivity index (χ4v) is 0.945. The van der Waals surface area contributed by atoms with Crippen LogP contribution < -0.4 is 0 Å². The molecule has 5 nitrogen and oxygen atoms in total. The Morgan fingerprint density at radius 2 is 1.54 bits per heavy atom. The lowest BCUT2D eigenvalue weighted by molar-refractivity contribution is -0.234. The molecule has 0 radical (unpaired) electrons. The van der Waals surface area contributed by atoms with Crippen LogP contribution in [-0.4, -0.2) is 22.3 Å². The summed E-state index contributed by atoms with van der Waals surface area (Å²) in [5.41, 5.74) is 0. The van der Waals surface area contributed by atoms with Gasteiger partial charge in [0, 0.05) is 12.8 Å². The topological polar surface area (TPSA) is 83.8 Å². The summed E-state index contributed by atoms with van der Waals surface area (Å²) in [5.74, 6) is -1.44. The minimum atomic E-state index is -0.797. The van der Waals surface area contributed by atoms with Gasteiger partial charge in [-0.25, -0.2) is 4.79 Å². The van der Waals surface area contributed by atoms with Crippen LogP contribution in [0.25, 0.3) is 0 Å². The number of hydrogen-bond donors (Lipinski definition) is 2. The molecule has 0 heterocycles. The number of rotatable bonds is 7. The Labute approximate surface area is 76.2 Å². The molecule has 0 aliphatic carbocycles. The lowest BCUT2D eigenvalue weighted by Gasteiger charge is -1.97. The van der Waals surface area contributed by atoms with Crippen LogP contribution in [0.2, 0.25) is 0 Å². The van der Waals surface area contributed by atoms with Crippen LogP contribution in [0.4, 0.5) is 0 Å². The quantitative estimate of drug-likeness (QED) is 0.360. The normalized spacial score (nSPS) is 9.62. The number of hydrogen-bond acceptors (Lipinski definition) is 4. The fourth-order valence-electron chi connectivity index (χ4n) is 0.945. The van der Waals surface area contributed by atoms with Gasteiger partial charge in [0.2, 0.25) is 0 Å². The first-order valence-electron chi connectivity index (χ1n) is 4.23. The van der Waals surface area contributed by atoms with Gasteiger partial charge in [-0.3, -0.25) is 4.79 Å². The minimum absolute atomic E-state index is 0.171. The average molecular weight is 190 g/mol. The van der Waals surface area contributed by atoms with Crippen LogP contribution >= 0.6 is 0 Å². The van der Waals surface area contributed by atoms with E-state index in [1.165, 1.54) is 0 Å². The van der Waals surface area contributed by atoms with Crippen molar-refractivity contribution in [3.8, 4) is 0 Å². The SMILES string of the molecule is O=C(O)CCCCCCC(=O)OO. The number of carboxylic acid groups (broad SMARTS) is 1. The minimum Gasteiger partial charge on any atom is -0.481 e. The molecule has 0 spiro atoms. The van der Waals surface area contributed by atoms with E-state index in [0.717, 1.165) is 12.8 Å². The van der Waals surface area contributed by atoms with E-state index in [1.807, 2.05) is 0 Å². The molecular weight excluding hydrogens is 176 g/mol. The Balaban J connectivity index is 3.08. The average Bonchev–Trinajstić information content (AvgIpc) is 2.10. The molecule has 0 rings (SSSR count). The van der Waals surface area contributed by atoms with Crippen LogP contribution in [0.3, 0.4) is 0 Å². The highest BCUT2D eigenvalue weighted by atomic mass is 17.1. The van der Waals surface area contributed by atoms with Gasteiger partial charge in [0.25, 0.3) is 0 Å². The van der Waals surface area contributed by atoms with Crippen molar-refractivity contribution in [2.75, 3.05) is 0 Å². The van der Waals surface area contributed by atoms with Crippen LogP contribution in [-0.2, 0) is 14.5 Å². The number of carboxylic acids is 1. The first-order chi connectivity index (χ1) is 6.16. The van der Waals surface area contributed by atoms with E-state index in [4.69, 9.17) is 10.4 Å². The molecule has 2 N–H and O–H groups in total. The summed E-state index contributed by atoms with van der Waals surface area (Å²) < 4.78 is 0. The van der Waals surface area contributed by atoms with E-state index in [1.54, 1.807) is 0 Å². The summed E-state index contributed by atoms with van der Waals surface area (Å²) in [6.45, 7) is 0. The Morgan fingerprint density at radius 3 is 2.00 bits per heavy atom. The number of carbonyl (C=O) groups excluding carboxylic acids is 1. The Kier molecular flexibility index (Phi) is 6.91. The van der Waals surface area contributed by atoms with Crippen LogP contribution in [0.15, 0.2) is 0 Å². The van der Waals surface area contributed by atoms with Gasteiger partial charge in [0.15, 0.2) is 0 Å². The van der Waals surface area contributed by atoms with Gasteiger partial charge < -0.3 is 9.99 Å². The molecule has 0 aliphatic heterocycles. The van der Waals surface area contributed by atoms with Gasteiger partial charge in [-0.2, -0.15) is 5.26 Å². The summed E-state index contributed by atoms with van der Waals surface area (Å²) in [6, 6.07) is 0. The van der Waals surface area contributed by atoms with Crippen molar-refractivity contribution in [2.24, 2.45) is 0 Å². The van der Waals surface area contributed by atoms with Crippen molar-refractivity contribution >= 4 is 11.9 Å². The van der Waals surface area contributed by atoms with E-state index >= 15 is 0 Å². The second kappa shape index (κ2) is 7.54. The maximum Gasteiger partial charge on any atom is 0.342 e. The second-order valence-electron chi connectivity index (χ2n) is 2.77. The van der Waals surface area contributed by atoms with Crippen molar-refractivity contribution in [1.82, 2.24) is 0 Å². The van der Waals surface area contributed by atoms with E-state index in [2.05, 4.69) is 4.89 Å².